The molecule has 6 heteroatoms. The molecule has 82 valence electrons. The second-order valence-corrected chi connectivity index (χ2v) is 3.85. The Morgan fingerprint density at radius 3 is 2.53 bits per heavy atom. The van der Waals surface area contributed by atoms with Crippen molar-refractivity contribution in [3.05, 3.63) is 33.8 Å². The van der Waals surface area contributed by atoms with Gasteiger partial charge in [0, 0.05) is 10.5 Å². The number of carboxylic acid groups (broad SMARTS) is 1. The number of carboxylic acids is 1. The fourth-order valence-corrected chi connectivity index (χ4v) is 1.73. The molecular weight excluding hydrogens is 272 g/mol. The summed E-state index contributed by atoms with van der Waals surface area (Å²) in [6.45, 7) is 0. The Labute approximate surface area is 93.0 Å². The van der Waals surface area contributed by atoms with Crippen LogP contribution in [0.1, 0.15) is 18.0 Å². The van der Waals surface area contributed by atoms with E-state index in [0.29, 0.717) is 0 Å². The fourth-order valence-electron chi connectivity index (χ4n) is 1.12. The van der Waals surface area contributed by atoms with E-state index in [2.05, 4.69) is 15.9 Å². The van der Waals surface area contributed by atoms with Crippen molar-refractivity contribution in [2.45, 2.75) is 12.5 Å². The Bertz CT molecular complexity index is 398. The van der Waals surface area contributed by atoms with Gasteiger partial charge in [0.1, 0.15) is 0 Å². The molecule has 0 fully saturated rings. The molecule has 1 aromatic carbocycles. The monoisotopic (exact) mass is 279 g/mol. The first-order valence-electron chi connectivity index (χ1n) is 4.03. The summed E-state index contributed by atoms with van der Waals surface area (Å²) in [4.78, 5) is 10.4. The molecule has 0 aromatic heterocycles. The lowest BCUT2D eigenvalue weighted by molar-refractivity contribution is -0.137. The molecule has 0 aliphatic rings. The van der Waals surface area contributed by atoms with Gasteiger partial charge >= 0.3 is 5.97 Å². The maximum absolute atomic E-state index is 12.9. The van der Waals surface area contributed by atoms with E-state index in [-0.39, 0.29) is 16.5 Å². The molecule has 1 atom stereocenters. The van der Waals surface area contributed by atoms with Crippen molar-refractivity contribution >= 4 is 21.9 Å². The molecule has 0 saturated carbocycles. The number of carbonyl (C=O) groups is 1. The van der Waals surface area contributed by atoms with Crippen molar-refractivity contribution < 1.29 is 18.7 Å². The van der Waals surface area contributed by atoms with Crippen LogP contribution in [0.15, 0.2) is 16.6 Å². The van der Waals surface area contributed by atoms with Crippen LogP contribution in [0.4, 0.5) is 8.78 Å². The van der Waals surface area contributed by atoms with Crippen molar-refractivity contribution in [3.8, 4) is 0 Å². The van der Waals surface area contributed by atoms with E-state index in [1.807, 2.05) is 0 Å². The topological polar surface area (TPSA) is 63.3 Å². The molecule has 0 aliphatic heterocycles. The van der Waals surface area contributed by atoms with Gasteiger partial charge in [-0.1, -0.05) is 15.9 Å². The number of hydrogen-bond acceptors (Lipinski definition) is 2. The van der Waals surface area contributed by atoms with Gasteiger partial charge in [0.15, 0.2) is 11.6 Å². The smallest absolute Gasteiger partial charge is 0.305 e. The van der Waals surface area contributed by atoms with Crippen molar-refractivity contribution in [2.75, 3.05) is 0 Å². The number of nitrogens with two attached hydrogens (primary N) is 1. The van der Waals surface area contributed by atoms with E-state index in [9.17, 15) is 13.6 Å². The summed E-state index contributed by atoms with van der Waals surface area (Å²) >= 11 is 2.99. The van der Waals surface area contributed by atoms with Crippen LogP contribution < -0.4 is 5.73 Å². The highest BCUT2D eigenvalue weighted by Gasteiger charge is 2.16. The van der Waals surface area contributed by atoms with Crippen molar-refractivity contribution in [1.82, 2.24) is 0 Å². The first kappa shape index (κ1) is 12.1. The first-order valence-corrected chi connectivity index (χ1v) is 4.83. The van der Waals surface area contributed by atoms with Gasteiger partial charge in [0.25, 0.3) is 0 Å². The van der Waals surface area contributed by atoms with Gasteiger partial charge in [0.2, 0.25) is 0 Å². The molecule has 0 bridgehead atoms. The second-order valence-electron chi connectivity index (χ2n) is 2.99. The summed E-state index contributed by atoms with van der Waals surface area (Å²) in [6, 6.07) is 0.950. The predicted octanol–water partition coefficient (Wildman–Crippen LogP) is 2.20. The molecule has 0 amide bonds. The minimum Gasteiger partial charge on any atom is -0.481 e. The quantitative estimate of drug-likeness (QED) is 0.834. The van der Waals surface area contributed by atoms with Gasteiger partial charge in [-0.25, -0.2) is 8.78 Å². The van der Waals surface area contributed by atoms with E-state index in [0.717, 1.165) is 12.1 Å². The summed E-state index contributed by atoms with van der Waals surface area (Å²) < 4.78 is 25.8. The van der Waals surface area contributed by atoms with Crippen molar-refractivity contribution in [3.63, 3.8) is 0 Å². The molecule has 1 rings (SSSR count). The summed E-state index contributed by atoms with van der Waals surface area (Å²) in [5.74, 6) is -3.15. The molecule has 3 nitrogen and oxygen atoms in total. The number of hydrogen-bond donors (Lipinski definition) is 2. The maximum atomic E-state index is 12.9. The molecule has 0 radical (unpaired) electrons. The highest BCUT2D eigenvalue weighted by Crippen LogP contribution is 2.26. The van der Waals surface area contributed by atoms with Crippen LogP contribution >= 0.6 is 15.9 Å². The van der Waals surface area contributed by atoms with Gasteiger partial charge in [-0.2, -0.15) is 0 Å². The average molecular weight is 280 g/mol. The van der Waals surface area contributed by atoms with Crippen molar-refractivity contribution in [1.29, 1.82) is 0 Å². The molecule has 1 aromatic rings. The Kier molecular flexibility index (Phi) is 3.76. The molecule has 15 heavy (non-hydrogen) atoms. The summed E-state index contributed by atoms with van der Waals surface area (Å²) in [7, 11) is 0. The van der Waals surface area contributed by atoms with Crippen LogP contribution in [0, 0.1) is 11.6 Å². The third kappa shape index (κ3) is 2.97. The van der Waals surface area contributed by atoms with Gasteiger partial charge in [-0.15, -0.1) is 0 Å². The van der Waals surface area contributed by atoms with E-state index < -0.39 is 23.6 Å². The first-order chi connectivity index (χ1) is 6.91. The minimum absolute atomic E-state index is 0.233. The summed E-state index contributed by atoms with van der Waals surface area (Å²) in [5.41, 5.74) is 5.75. The van der Waals surface area contributed by atoms with E-state index >= 15 is 0 Å². The van der Waals surface area contributed by atoms with E-state index in [1.54, 1.807) is 0 Å². The highest BCUT2D eigenvalue weighted by molar-refractivity contribution is 9.10. The second kappa shape index (κ2) is 4.67. The van der Waals surface area contributed by atoms with Crippen LogP contribution in [-0.2, 0) is 4.79 Å². The van der Waals surface area contributed by atoms with E-state index in [4.69, 9.17) is 10.8 Å². The number of halogens is 3. The van der Waals surface area contributed by atoms with E-state index in [1.165, 1.54) is 0 Å². The molecule has 0 saturated heterocycles. The minimum atomic E-state index is -1.10. The average Bonchev–Trinajstić information content (AvgIpc) is 2.09. The lowest BCUT2D eigenvalue weighted by Gasteiger charge is -2.11. The van der Waals surface area contributed by atoms with Gasteiger partial charge < -0.3 is 10.8 Å². The molecule has 0 heterocycles. The number of rotatable bonds is 3. The Morgan fingerprint density at radius 2 is 2.00 bits per heavy atom. The summed E-state index contributed by atoms with van der Waals surface area (Å²) in [6.07, 6.45) is -0.344. The lowest BCUT2D eigenvalue weighted by Crippen LogP contribution is -2.16. The molecule has 3 N–H and O–H groups in total. The number of aliphatic carboxylic acids is 1. The number of benzene rings is 1. The Morgan fingerprint density at radius 1 is 1.47 bits per heavy atom. The normalized spacial score (nSPS) is 12.5. The van der Waals surface area contributed by atoms with Crippen LogP contribution in [-0.4, -0.2) is 11.1 Å². The predicted molar refractivity (Wildman–Crippen MR) is 53.2 cm³/mol. The van der Waals surface area contributed by atoms with Crippen molar-refractivity contribution in [2.24, 2.45) is 5.73 Å². The maximum Gasteiger partial charge on any atom is 0.305 e. The highest BCUT2D eigenvalue weighted by atomic mass is 79.9. The van der Waals surface area contributed by atoms with Crippen LogP contribution in [0.2, 0.25) is 0 Å². The summed E-state index contributed by atoms with van der Waals surface area (Å²) in [5, 5.41) is 8.50. The molecule has 0 unspecified atom stereocenters. The van der Waals surface area contributed by atoms with Gasteiger partial charge in [0.05, 0.1) is 6.42 Å². The Balaban J connectivity index is 3.03. The third-order valence-electron chi connectivity index (χ3n) is 1.83. The van der Waals surface area contributed by atoms with Gasteiger partial charge in [-0.05, 0) is 17.7 Å². The molecule has 0 aliphatic carbocycles. The van der Waals surface area contributed by atoms with Crippen LogP contribution in [0.25, 0.3) is 0 Å². The fraction of sp³-hybridized carbons (Fsp3) is 0.222. The third-order valence-corrected chi connectivity index (χ3v) is 2.52. The van der Waals surface area contributed by atoms with Crippen LogP contribution in [0.5, 0.6) is 0 Å². The largest absolute Gasteiger partial charge is 0.481 e. The van der Waals surface area contributed by atoms with Crippen LogP contribution in [0.3, 0.4) is 0 Å². The molecule has 0 spiro atoms. The lowest BCUT2D eigenvalue weighted by atomic mass is 10.0. The zero-order chi connectivity index (χ0) is 11.6. The standard InChI is InChI=1S/C9H8BrF2NO2/c10-5-2-7(12)6(11)1-4(5)8(13)3-9(14)15/h1-2,8H,3,13H2,(H,14,15)/t8-/m1/s1. The zero-order valence-electron chi connectivity index (χ0n) is 7.51. The van der Waals surface area contributed by atoms with Gasteiger partial charge in [-0.3, -0.25) is 4.79 Å². The molecular formula is C9H8BrF2NO2. The zero-order valence-corrected chi connectivity index (χ0v) is 9.09. The Hall–Kier alpha value is -1.01. The SMILES string of the molecule is N[C@H](CC(=O)O)c1cc(F)c(F)cc1Br.